The van der Waals surface area contributed by atoms with E-state index < -0.39 is 5.41 Å². The minimum Gasteiger partial charge on any atom is -0.508 e. The van der Waals surface area contributed by atoms with Crippen molar-refractivity contribution in [2.75, 3.05) is 5.32 Å². The first-order chi connectivity index (χ1) is 12.0. The van der Waals surface area contributed by atoms with Gasteiger partial charge in [-0.25, -0.2) is 0 Å². The van der Waals surface area contributed by atoms with E-state index in [4.69, 9.17) is 11.6 Å². The van der Waals surface area contributed by atoms with Gasteiger partial charge in [0, 0.05) is 10.7 Å². The zero-order valence-corrected chi connectivity index (χ0v) is 15.1. The molecule has 2 aliphatic rings. The van der Waals surface area contributed by atoms with Crippen LogP contribution in [-0.4, -0.2) is 11.0 Å². The van der Waals surface area contributed by atoms with Gasteiger partial charge in [-0.15, -0.1) is 0 Å². The predicted molar refractivity (Wildman–Crippen MR) is 100 cm³/mol. The molecule has 0 saturated heterocycles. The van der Waals surface area contributed by atoms with Gasteiger partial charge in [-0.2, -0.15) is 0 Å². The average molecular weight is 356 g/mol. The first kappa shape index (κ1) is 16.5. The molecule has 1 unspecified atom stereocenters. The molecule has 1 saturated carbocycles. The van der Waals surface area contributed by atoms with E-state index in [1.165, 1.54) is 6.42 Å². The van der Waals surface area contributed by atoms with E-state index in [-0.39, 0.29) is 17.6 Å². The number of rotatable bonds is 2. The van der Waals surface area contributed by atoms with Crippen molar-refractivity contribution in [1.29, 1.82) is 0 Å². The Kier molecular flexibility index (Phi) is 3.99. The lowest BCUT2D eigenvalue weighted by Crippen LogP contribution is -2.43. The molecule has 130 valence electrons. The van der Waals surface area contributed by atoms with Crippen LogP contribution in [0.1, 0.15) is 48.8 Å². The number of amides is 1. The van der Waals surface area contributed by atoms with Crippen LogP contribution in [0, 0.1) is 12.8 Å². The number of halogens is 1. The molecule has 1 aliphatic heterocycles. The van der Waals surface area contributed by atoms with Gasteiger partial charge in [0.2, 0.25) is 5.91 Å². The van der Waals surface area contributed by atoms with E-state index in [2.05, 4.69) is 5.32 Å². The van der Waals surface area contributed by atoms with Crippen LogP contribution in [0.25, 0.3) is 0 Å². The Hall–Kier alpha value is -2.00. The number of carbonyl (C=O) groups is 1. The molecular formula is C21H22ClNO2. The third-order valence-electron chi connectivity index (χ3n) is 5.96. The molecule has 2 aromatic carbocycles. The maximum atomic E-state index is 13.4. The number of hydrogen-bond acceptors (Lipinski definition) is 2. The summed E-state index contributed by atoms with van der Waals surface area (Å²) in [7, 11) is 0. The van der Waals surface area contributed by atoms with E-state index >= 15 is 0 Å². The summed E-state index contributed by atoms with van der Waals surface area (Å²) in [4.78, 5) is 13.4. The number of benzene rings is 2. The van der Waals surface area contributed by atoms with E-state index in [0.717, 1.165) is 48.1 Å². The van der Waals surface area contributed by atoms with E-state index in [0.29, 0.717) is 5.02 Å². The van der Waals surface area contributed by atoms with Crippen molar-refractivity contribution in [3.63, 3.8) is 0 Å². The van der Waals surface area contributed by atoms with Gasteiger partial charge in [-0.1, -0.05) is 49.1 Å². The number of anilines is 1. The second-order valence-electron chi connectivity index (χ2n) is 7.24. The topological polar surface area (TPSA) is 49.3 Å². The highest BCUT2D eigenvalue weighted by Crippen LogP contribution is 2.53. The van der Waals surface area contributed by atoms with Crippen LogP contribution in [0.2, 0.25) is 5.02 Å². The van der Waals surface area contributed by atoms with Crippen molar-refractivity contribution >= 4 is 23.2 Å². The van der Waals surface area contributed by atoms with Gasteiger partial charge in [0.15, 0.2) is 0 Å². The fourth-order valence-electron chi connectivity index (χ4n) is 4.70. The van der Waals surface area contributed by atoms with Crippen LogP contribution in [0.3, 0.4) is 0 Å². The maximum absolute atomic E-state index is 13.4. The van der Waals surface area contributed by atoms with E-state index in [1.807, 2.05) is 31.2 Å². The van der Waals surface area contributed by atoms with Gasteiger partial charge in [-0.3, -0.25) is 4.79 Å². The molecule has 1 atom stereocenters. The number of nitrogens with one attached hydrogen (secondary N) is 1. The molecule has 0 aromatic heterocycles. The highest BCUT2D eigenvalue weighted by molar-refractivity contribution is 6.32. The Labute approximate surface area is 153 Å². The van der Waals surface area contributed by atoms with Gasteiger partial charge in [0.25, 0.3) is 0 Å². The average Bonchev–Trinajstić information content (AvgIpc) is 2.93. The van der Waals surface area contributed by atoms with Crippen molar-refractivity contribution in [3.8, 4) is 5.75 Å². The zero-order valence-electron chi connectivity index (χ0n) is 14.3. The summed E-state index contributed by atoms with van der Waals surface area (Å²) in [5.74, 6) is 0.506. The molecule has 1 heterocycles. The molecule has 3 nitrogen and oxygen atoms in total. The molecule has 4 rings (SSSR count). The number of phenolic OH excluding ortho intramolecular Hbond substituents is 1. The van der Waals surface area contributed by atoms with Crippen LogP contribution < -0.4 is 5.32 Å². The highest BCUT2D eigenvalue weighted by Gasteiger charge is 2.53. The summed E-state index contributed by atoms with van der Waals surface area (Å²) in [6.45, 7) is 1.95. The monoisotopic (exact) mass is 355 g/mol. The van der Waals surface area contributed by atoms with Gasteiger partial charge < -0.3 is 10.4 Å². The van der Waals surface area contributed by atoms with Crippen LogP contribution in [0.5, 0.6) is 5.75 Å². The zero-order chi connectivity index (χ0) is 17.6. The second-order valence-corrected chi connectivity index (χ2v) is 7.65. The lowest BCUT2D eigenvalue weighted by atomic mass is 9.62. The molecule has 2 N–H and O–H groups in total. The summed E-state index contributed by atoms with van der Waals surface area (Å²) >= 11 is 6.30. The maximum Gasteiger partial charge on any atom is 0.239 e. The number of hydrogen-bond donors (Lipinski definition) is 2. The third kappa shape index (κ3) is 2.36. The normalized spacial score (nSPS) is 23.4. The molecule has 1 aliphatic carbocycles. The van der Waals surface area contributed by atoms with Crippen molar-refractivity contribution < 1.29 is 9.90 Å². The molecule has 1 fully saturated rings. The Morgan fingerprint density at radius 2 is 1.76 bits per heavy atom. The summed E-state index contributed by atoms with van der Waals surface area (Å²) in [5.41, 5.74) is 3.06. The molecular weight excluding hydrogens is 334 g/mol. The van der Waals surface area contributed by atoms with Crippen LogP contribution >= 0.6 is 11.6 Å². The van der Waals surface area contributed by atoms with Crippen LogP contribution in [0.4, 0.5) is 5.69 Å². The van der Waals surface area contributed by atoms with Crippen LogP contribution in [-0.2, 0) is 10.2 Å². The SMILES string of the molecule is Cc1c(Cl)ccc2c1NC(=O)C2(c1ccc(O)cc1)C1CCCCC1. The minimum atomic E-state index is -0.696. The van der Waals surface area contributed by atoms with E-state index in [9.17, 15) is 9.90 Å². The quantitative estimate of drug-likeness (QED) is 0.780. The molecule has 0 bridgehead atoms. The van der Waals surface area contributed by atoms with Gasteiger partial charge in [-0.05, 0) is 60.6 Å². The highest BCUT2D eigenvalue weighted by atomic mass is 35.5. The summed E-state index contributed by atoms with van der Waals surface area (Å²) in [6, 6.07) is 11.0. The molecule has 1 amide bonds. The molecule has 0 radical (unpaired) electrons. The van der Waals surface area contributed by atoms with Crippen molar-refractivity contribution in [3.05, 3.63) is 58.1 Å². The first-order valence-electron chi connectivity index (χ1n) is 8.95. The van der Waals surface area contributed by atoms with Gasteiger partial charge in [0.1, 0.15) is 11.2 Å². The summed E-state index contributed by atoms with van der Waals surface area (Å²) in [5, 5.41) is 13.5. The number of aromatic hydroxyl groups is 1. The Morgan fingerprint density at radius 1 is 1.08 bits per heavy atom. The summed E-state index contributed by atoms with van der Waals surface area (Å²) < 4.78 is 0. The fourth-order valence-corrected chi connectivity index (χ4v) is 4.86. The van der Waals surface area contributed by atoms with Crippen molar-refractivity contribution in [2.24, 2.45) is 5.92 Å². The Morgan fingerprint density at radius 3 is 2.44 bits per heavy atom. The fraction of sp³-hybridized carbons (Fsp3) is 0.381. The van der Waals surface area contributed by atoms with Gasteiger partial charge >= 0.3 is 0 Å². The van der Waals surface area contributed by atoms with Crippen LogP contribution in [0.15, 0.2) is 36.4 Å². The smallest absolute Gasteiger partial charge is 0.239 e. The van der Waals surface area contributed by atoms with Gasteiger partial charge in [0.05, 0.1) is 0 Å². The molecule has 4 heteroatoms. The Balaban J connectivity index is 1.98. The molecule has 0 spiro atoms. The minimum absolute atomic E-state index is 0.0328. The second kappa shape index (κ2) is 6.06. The number of fused-ring (bicyclic) bond motifs is 1. The predicted octanol–water partition coefficient (Wildman–Crippen LogP) is 5.17. The lowest BCUT2D eigenvalue weighted by Gasteiger charge is -2.39. The third-order valence-corrected chi connectivity index (χ3v) is 6.37. The molecule has 25 heavy (non-hydrogen) atoms. The van der Waals surface area contributed by atoms with Crippen molar-refractivity contribution in [2.45, 2.75) is 44.4 Å². The lowest BCUT2D eigenvalue weighted by molar-refractivity contribution is -0.121. The standard InChI is InChI=1S/C21H22ClNO2/c1-13-18(22)12-11-17-19(13)23-20(25)21(17,14-5-3-2-4-6-14)15-7-9-16(24)10-8-15/h7-12,14,24H,2-6H2,1H3,(H,23,25). The Bertz CT molecular complexity index is 825. The number of phenols is 1. The number of carbonyl (C=O) groups excluding carboxylic acids is 1. The van der Waals surface area contributed by atoms with Crippen molar-refractivity contribution in [1.82, 2.24) is 0 Å². The first-order valence-corrected chi connectivity index (χ1v) is 9.33. The summed E-state index contributed by atoms with van der Waals surface area (Å²) in [6.07, 6.45) is 5.61. The molecule has 2 aromatic rings. The largest absolute Gasteiger partial charge is 0.508 e. The van der Waals surface area contributed by atoms with E-state index in [1.54, 1.807) is 12.1 Å².